The van der Waals surface area contributed by atoms with Gasteiger partial charge in [-0.05, 0) is 24.3 Å². The Hall–Kier alpha value is -1.03. The Kier molecular flexibility index (Phi) is 22.2. The molecule has 0 amide bonds. The number of alkyl halides is 2. The fourth-order valence-electron chi connectivity index (χ4n) is 1.34. The molecule has 2 rings (SSSR count). The maximum atomic E-state index is 12.0. The fraction of sp³-hybridized carbons (Fsp3) is 0.333. The highest BCUT2D eigenvalue weighted by Crippen LogP contribution is 2.19. The van der Waals surface area contributed by atoms with E-state index >= 15 is 0 Å². The second-order valence-corrected chi connectivity index (χ2v) is 5.08. The summed E-state index contributed by atoms with van der Waals surface area (Å²) in [6, 6.07) is 16.9. The van der Waals surface area contributed by atoms with Gasteiger partial charge in [-0.2, -0.15) is 0 Å². The van der Waals surface area contributed by atoms with Crippen LogP contribution in [0.15, 0.2) is 70.5 Å². The normalized spacial score (nSPS) is 8.35. The second kappa shape index (κ2) is 19.0. The van der Waals surface area contributed by atoms with Gasteiger partial charge in [-0.3, -0.25) is 0 Å². The molecular weight excluding hydrogens is 351 g/mol. The number of hydrogen-bond acceptors (Lipinski definition) is 2. The van der Waals surface area contributed by atoms with Crippen LogP contribution in [0.2, 0.25) is 0 Å². The van der Waals surface area contributed by atoms with Crippen molar-refractivity contribution in [2.24, 2.45) is 0 Å². The number of rotatable bonds is 2. The van der Waals surface area contributed by atoms with Crippen LogP contribution in [0.4, 0.5) is 0 Å². The molecule has 0 aliphatic heterocycles. The average molecular weight is 379 g/mol. The van der Waals surface area contributed by atoms with Crippen LogP contribution in [0, 0.1) is 0 Å². The molecule has 23 heavy (non-hydrogen) atoms. The summed E-state index contributed by atoms with van der Waals surface area (Å²) in [6.45, 7) is 8.00. The van der Waals surface area contributed by atoms with Gasteiger partial charge in [-0.1, -0.05) is 64.1 Å². The Labute approximate surface area is 152 Å². The Morgan fingerprint density at radius 3 is 1.00 bits per heavy atom. The predicted molar refractivity (Wildman–Crippen MR) is 105 cm³/mol. The highest BCUT2D eigenvalue weighted by atomic mass is 35.5. The number of halogens is 2. The molecule has 2 aromatic rings. The quantitative estimate of drug-likeness (QED) is 0.575. The molecule has 5 heteroatoms. The highest BCUT2D eigenvalue weighted by Gasteiger charge is 2.15. The van der Waals surface area contributed by atoms with E-state index in [0.29, 0.717) is 9.79 Å². The van der Waals surface area contributed by atoms with E-state index in [4.69, 9.17) is 0 Å². The number of hydrogen-bond donors (Lipinski definition) is 0. The zero-order valence-electron chi connectivity index (χ0n) is 14.8. The first kappa shape index (κ1) is 26.8. The molecule has 132 valence electrons. The van der Waals surface area contributed by atoms with Gasteiger partial charge in [0.1, 0.15) is 0 Å². The monoisotopic (exact) mass is 378 g/mol. The molecule has 0 unspecified atom stereocenters. The lowest BCUT2D eigenvalue weighted by Crippen LogP contribution is -2.00. The molecule has 2 aromatic carbocycles. The van der Waals surface area contributed by atoms with E-state index in [1.807, 2.05) is 27.7 Å². The Morgan fingerprint density at radius 1 is 0.565 bits per heavy atom. The highest BCUT2D eigenvalue weighted by molar-refractivity contribution is 7.91. The van der Waals surface area contributed by atoms with E-state index in [9.17, 15) is 8.42 Å². The maximum absolute atomic E-state index is 12.0. The van der Waals surface area contributed by atoms with Crippen LogP contribution in [-0.2, 0) is 9.84 Å². The van der Waals surface area contributed by atoms with E-state index < -0.39 is 9.84 Å². The molecule has 0 aliphatic rings. The summed E-state index contributed by atoms with van der Waals surface area (Å²) in [5.41, 5.74) is 0. The van der Waals surface area contributed by atoms with Gasteiger partial charge in [0.05, 0.1) is 9.79 Å². The Balaban J connectivity index is -0.000000438. The lowest BCUT2D eigenvalue weighted by molar-refractivity contribution is 0.596. The van der Waals surface area contributed by atoms with Crippen molar-refractivity contribution in [1.29, 1.82) is 0 Å². The fourth-order valence-corrected chi connectivity index (χ4v) is 2.64. The molecule has 0 aromatic heterocycles. The molecule has 0 radical (unpaired) electrons. The molecule has 0 N–H and O–H groups in total. The third-order valence-corrected chi connectivity index (χ3v) is 3.89. The van der Waals surface area contributed by atoms with Gasteiger partial charge in [0.25, 0.3) is 0 Å². The standard InChI is InChI=1S/C12H10O2S.2C2H6.2CH3Cl/c13-15(14,11-7-3-1-4-8-11)12-9-5-2-6-10-12;4*1-2/h1-10H;2*1-2H3;2*1H3. The SMILES string of the molecule is CC.CC.CCl.CCl.O=S(=O)(c1ccccc1)c1ccccc1. The summed E-state index contributed by atoms with van der Waals surface area (Å²) in [5, 5.41) is 0. The minimum absolute atomic E-state index is 0.330. The Morgan fingerprint density at radius 2 is 0.783 bits per heavy atom. The third-order valence-electron chi connectivity index (χ3n) is 2.11. The largest absolute Gasteiger partial charge is 0.219 e. The number of benzene rings is 2. The molecule has 0 aliphatic carbocycles. The van der Waals surface area contributed by atoms with Crippen LogP contribution in [-0.4, -0.2) is 21.2 Å². The molecule has 0 heterocycles. The van der Waals surface area contributed by atoms with Gasteiger partial charge in [0.15, 0.2) is 0 Å². The van der Waals surface area contributed by atoms with Crippen molar-refractivity contribution in [2.75, 3.05) is 12.8 Å². The van der Waals surface area contributed by atoms with Crippen molar-refractivity contribution in [3.63, 3.8) is 0 Å². The van der Waals surface area contributed by atoms with Crippen molar-refractivity contribution in [3.8, 4) is 0 Å². The molecule has 0 fully saturated rings. The van der Waals surface area contributed by atoms with Crippen LogP contribution in [0.25, 0.3) is 0 Å². The summed E-state index contributed by atoms with van der Waals surface area (Å²) in [6.07, 6.45) is 2.94. The van der Waals surface area contributed by atoms with Crippen LogP contribution >= 0.6 is 23.2 Å². The lowest BCUT2D eigenvalue weighted by Gasteiger charge is -2.03. The summed E-state index contributed by atoms with van der Waals surface area (Å²) in [7, 11) is -3.34. The molecule has 0 bridgehead atoms. The minimum atomic E-state index is -3.34. The first-order valence-electron chi connectivity index (χ1n) is 7.32. The first-order valence-corrected chi connectivity index (χ1v) is 10.3. The molecule has 0 saturated heterocycles. The van der Waals surface area contributed by atoms with Crippen LogP contribution in [0.5, 0.6) is 0 Å². The van der Waals surface area contributed by atoms with E-state index in [-0.39, 0.29) is 0 Å². The second-order valence-electron chi connectivity index (χ2n) is 3.13. The minimum Gasteiger partial charge on any atom is -0.219 e. The van der Waals surface area contributed by atoms with Crippen molar-refractivity contribution in [1.82, 2.24) is 0 Å². The van der Waals surface area contributed by atoms with Gasteiger partial charge in [-0.15, -0.1) is 23.2 Å². The summed E-state index contributed by atoms with van der Waals surface area (Å²) in [4.78, 5) is 0.660. The number of sulfone groups is 1. The topological polar surface area (TPSA) is 34.1 Å². The van der Waals surface area contributed by atoms with Crippen molar-refractivity contribution in [3.05, 3.63) is 60.7 Å². The summed E-state index contributed by atoms with van der Waals surface area (Å²) < 4.78 is 24.1. The van der Waals surface area contributed by atoms with Crippen molar-refractivity contribution < 1.29 is 8.42 Å². The van der Waals surface area contributed by atoms with Crippen LogP contribution < -0.4 is 0 Å². The molecule has 0 spiro atoms. The lowest BCUT2D eigenvalue weighted by atomic mass is 10.4. The van der Waals surface area contributed by atoms with E-state index in [1.165, 1.54) is 12.8 Å². The Bertz CT molecular complexity index is 496. The van der Waals surface area contributed by atoms with Gasteiger partial charge in [0.2, 0.25) is 9.84 Å². The first-order chi connectivity index (χ1) is 11.2. The maximum Gasteiger partial charge on any atom is 0.206 e. The van der Waals surface area contributed by atoms with Crippen molar-refractivity contribution >= 4 is 33.0 Å². The van der Waals surface area contributed by atoms with Crippen molar-refractivity contribution in [2.45, 2.75) is 37.5 Å². The summed E-state index contributed by atoms with van der Waals surface area (Å²) in [5.74, 6) is 0. The molecular formula is C18H28Cl2O2S. The molecule has 2 nitrogen and oxygen atoms in total. The zero-order chi connectivity index (χ0) is 18.7. The van der Waals surface area contributed by atoms with Gasteiger partial charge in [0, 0.05) is 12.8 Å². The smallest absolute Gasteiger partial charge is 0.206 e. The van der Waals surface area contributed by atoms with E-state index in [1.54, 1.807) is 60.7 Å². The van der Waals surface area contributed by atoms with Gasteiger partial charge < -0.3 is 0 Å². The third kappa shape index (κ3) is 10.4. The molecule has 0 saturated carbocycles. The average Bonchev–Trinajstić information content (AvgIpc) is 2.69. The van der Waals surface area contributed by atoms with Crippen LogP contribution in [0.1, 0.15) is 27.7 Å². The van der Waals surface area contributed by atoms with E-state index in [0.717, 1.165) is 0 Å². The summed E-state index contributed by atoms with van der Waals surface area (Å²) >= 11 is 9.28. The van der Waals surface area contributed by atoms with Gasteiger partial charge in [-0.25, -0.2) is 8.42 Å². The zero-order valence-corrected chi connectivity index (χ0v) is 17.1. The predicted octanol–water partition coefficient (Wildman–Crippen LogP) is 6.28. The van der Waals surface area contributed by atoms with Gasteiger partial charge >= 0.3 is 0 Å². The molecule has 0 atom stereocenters. The van der Waals surface area contributed by atoms with E-state index in [2.05, 4.69) is 23.2 Å². The van der Waals surface area contributed by atoms with Crippen LogP contribution in [0.3, 0.4) is 0 Å².